The highest BCUT2D eigenvalue weighted by molar-refractivity contribution is 7.99. The Morgan fingerprint density at radius 1 is 1.38 bits per heavy atom. The number of carboxylic acids is 1. The van der Waals surface area contributed by atoms with Crippen LogP contribution < -0.4 is 0 Å². The van der Waals surface area contributed by atoms with E-state index in [-0.39, 0.29) is 5.75 Å². The van der Waals surface area contributed by atoms with E-state index in [1.807, 2.05) is 0 Å². The van der Waals surface area contributed by atoms with Crippen LogP contribution in [0.3, 0.4) is 0 Å². The molecule has 116 valence electrons. The first-order valence-electron chi connectivity index (χ1n) is 7.54. The van der Waals surface area contributed by atoms with Gasteiger partial charge in [0.1, 0.15) is 5.82 Å². The standard InChI is InChI=1S/C14H21N3O3S/c1-9(10-4-6-20-7-5-10)17-13(11-2-3-11)15-16-14(17)21-8-12(18)19/h9-11H,2-8H2,1H3,(H,18,19). The molecule has 7 heteroatoms. The van der Waals surface area contributed by atoms with Gasteiger partial charge in [0.2, 0.25) is 0 Å². The van der Waals surface area contributed by atoms with Crippen molar-refractivity contribution in [1.82, 2.24) is 14.8 Å². The monoisotopic (exact) mass is 311 g/mol. The van der Waals surface area contributed by atoms with E-state index < -0.39 is 5.97 Å². The summed E-state index contributed by atoms with van der Waals surface area (Å²) >= 11 is 1.27. The van der Waals surface area contributed by atoms with E-state index in [0.29, 0.717) is 17.9 Å². The summed E-state index contributed by atoms with van der Waals surface area (Å²) in [4.78, 5) is 10.8. The zero-order chi connectivity index (χ0) is 14.8. The molecule has 0 amide bonds. The summed E-state index contributed by atoms with van der Waals surface area (Å²) in [6, 6.07) is 0.302. The van der Waals surface area contributed by atoms with E-state index in [2.05, 4.69) is 21.7 Å². The lowest BCUT2D eigenvalue weighted by molar-refractivity contribution is -0.133. The van der Waals surface area contributed by atoms with Crippen LogP contribution in [0.15, 0.2) is 5.16 Å². The van der Waals surface area contributed by atoms with Crippen molar-refractivity contribution in [3.05, 3.63) is 5.82 Å². The third-order valence-electron chi connectivity index (χ3n) is 4.31. The molecular weight excluding hydrogens is 290 g/mol. The molecule has 1 atom stereocenters. The number of hydrogen-bond acceptors (Lipinski definition) is 5. The SMILES string of the molecule is CC(C1CCOCC1)n1c(SCC(=O)O)nnc1C1CC1. The number of rotatable bonds is 6. The number of aliphatic carboxylic acids is 1. The van der Waals surface area contributed by atoms with E-state index in [1.165, 1.54) is 24.6 Å². The second-order valence-electron chi connectivity index (χ2n) is 5.86. The van der Waals surface area contributed by atoms with Crippen LogP contribution in [0.1, 0.15) is 50.4 Å². The lowest BCUT2D eigenvalue weighted by atomic mass is 9.92. The third-order valence-corrected chi connectivity index (χ3v) is 5.24. The van der Waals surface area contributed by atoms with Crippen LogP contribution >= 0.6 is 11.8 Å². The number of hydrogen-bond donors (Lipinski definition) is 1. The number of thioether (sulfide) groups is 1. The molecule has 0 bridgehead atoms. The molecule has 1 aromatic rings. The number of carbonyl (C=O) groups is 1. The summed E-state index contributed by atoms with van der Waals surface area (Å²) in [5, 5.41) is 18.2. The summed E-state index contributed by atoms with van der Waals surface area (Å²) in [6.07, 6.45) is 4.43. The largest absolute Gasteiger partial charge is 0.481 e. The minimum atomic E-state index is -0.818. The highest BCUT2D eigenvalue weighted by atomic mass is 32.2. The fourth-order valence-electron chi connectivity index (χ4n) is 2.92. The molecule has 1 aliphatic heterocycles. The Bertz CT molecular complexity index is 510. The number of carboxylic acid groups (broad SMARTS) is 1. The molecule has 2 heterocycles. The molecule has 1 saturated heterocycles. The average Bonchev–Trinajstić information content (AvgIpc) is 3.25. The second-order valence-corrected chi connectivity index (χ2v) is 6.80. The Hall–Kier alpha value is -1.08. The van der Waals surface area contributed by atoms with Crippen molar-refractivity contribution in [1.29, 1.82) is 0 Å². The van der Waals surface area contributed by atoms with Crippen LogP contribution in [0.25, 0.3) is 0 Å². The van der Waals surface area contributed by atoms with Gasteiger partial charge in [-0.2, -0.15) is 0 Å². The first-order chi connectivity index (χ1) is 10.2. The summed E-state index contributed by atoms with van der Waals surface area (Å²) < 4.78 is 7.64. The highest BCUT2D eigenvalue weighted by Gasteiger charge is 2.34. The molecule has 0 spiro atoms. The maximum absolute atomic E-state index is 10.8. The van der Waals surface area contributed by atoms with Crippen LogP contribution in [0.2, 0.25) is 0 Å². The lowest BCUT2D eigenvalue weighted by Crippen LogP contribution is -2.25. The van der Waals surface area contributed by atoms with Gasteiger partial charge >= 0.3 is 5.97 Å². The predicted molar refractivity (Wildman–Crippen MR) is 78.6 cm³/mol. The molecule has 3 rings (SSSR count). The van der Waals surface area contributed by atoms with Gasteiger partial charge in [-0.3, -0.25) is 4.79 Å². The second kappa shape index (κ2) is 6.36. The first-order valence-corrected chi connectivity index (χ1v) is 8.52. The van der Waals surface area contributed by atoms with Gasteiger partial charge in [-0.05, 0) is 38.5 Å². The van der Waals surface area contributed by atoms with Crippen molar-refractivity contribution in [2.45, 2.75) is 49.7 Å². The quantitative estimate of drug-likeness (QED) is 0.812. The van der Waals surface area contributed by atoms with E-state index in [0.717, 1.165) is 37.0 Å². The first kappa shape index (κ1) is 14.8. The van der Waals surface area contributed by atoms with Gasteiger partial charge in [0.05, 0.1) is 5.75 Å². The van der Waals surface area contributed by atoms with E-state index >= 15 is 0 Å². The summed E-state index contributed by atoms with van der Waals surface area (Å²) in [5.74, 6) is 1.32. The molecule has 2 aliphatic rings. The van der Waals surface area contributed by atoms with Gasteiger partial charge in [-0.15, -0.1) is 10.2 Å². The van der Waals surface area contributed by atoms with Crippen molar-refractivity contribution in [2.24, 2.45) is 5.92 Å². The number of ether oxygens (including phenoxy) is 1. The Balaban J connectivity index is 1.82. The maximum atomic E-state index is 10.8. The summed E-state index contributed by atoms with van der Waals surface area (Å²) in [5.41, 5.74) is 0. The van der Waals surface area contributed by atoms with Gasteiger partial charge in [0.25, 0.3) is 0 Å². The fraction of sp³-hybridized carbons (Fsp3) is 0.786. The van der Waals surface area contributed by atoms with E-state index in [4.69, 9.17) is 9.84 Å². The van der Waals surface area contributed by atoms with Crippen molar-refractivity contribution in [3.63, 3.8) is 0 Å². The lowest BCUT2D eigenvalue weighted by Gasteiger charge is -2.30. The molecule has 2 fully saturated rings. The minimum Gasteiger partial charge on any atom is -0.481 e. The fourth-order valence-corrected chi connectivity index (χ4v) is 3.67. The van der Waals surface area contributed by atoms with Crippen molar-refractivity contribution in [3.8, 4) is 0 Å². The molecule has 1 unspecified atom stereocenters. The topological polar surface area (TPSA) is 77.2 Å². The summed E-state index contributed by atoms with van der Waals surface area (Å²) in [7, 11) is 0. The predicted octanol–water partition coefficient (Wildman–Crippen LogP) is 2.32. The van der Waals surface area contributed by atoms with Crippen LogP contribution in [-0.2, 0) is 9.53 Å². The van der Waals surface area contributed by atoms with Gasteiger partial charge < -0.3 is 14.4 Å². The molecule has 1 aliphatic carbocycles. The Labute approximate surface area is 128 Å². The number of aromatic nitrogens is 3. The minimum absolute atomic E-state index is 0.0310. The van der Waals surface area contributed by atoms with E-state index in [9.17, 15) is 4.79 Å². The molecular formula is C14H21N3O3S. The van der Waals surface area contributed by atoms with Crippen molar-refractivity contribution < 1.29 is 14.6 Å². The maximum Gasteiger partial charge on any atom is 0.313 e. The molecule has 0 radical (unpaired) electrons. The van der Waals surface area contributed by atoms with Crippen LogP contribution in [0.5, 0.6) is 0 Å². The van der Waals surface area contributed by atoms with Crippen molar-refractivity contribution in [2.75, 3.05) is 19.0 Å². The van der Waals surface area contributed by atoms with Crippen molar-refractivity contribution >= 4 is 17.7 Å². The van der Waals surface area contributed by atoms with Gasteiger partial charge in [0.15, 0.2) is 5.16 Å². The third kappa shape index (κ3) is 3.40. The van der Waals surface area contributed by atoms with Gasteiger partial charge in [-0.1, -0.05) is 11.8 Å². The average molecular weight is 311 g/mol. The van der Waals surface area contributed by atoms with Crippen LogP contribution in [0.4, 0.5) is 0 Å². The molecule has 0 aromatic carbocycles. The molecule has 6 nitrogen and oxygen atoms in total. The van der Waals surface area contributed by atoms with Crippen LogP contribution in [-0.4, -0.2) is 44.8 Å². The highest BCUT2D eigenvalue weighted by Crippen LogP contribution is 2.42. The Morgan fingerprint density at radius 2 is 2.10 bits per heavy atom. The van der Waals surface area contributed by atoms with Gasteiger partial charge in [0, 0.05) is 25.2 Å². The smallest absolute Gasteiger partial charge is 0.313 e. The normalized spacial score (nSPS) is 21.4. The van der Waals surface area contributed by atoms with Gasteiger partial charge in [-0.25, -0.2) is 0 Å². The zero-order valence-electron chi connectivity index (χ0n) is 12.2. The summed E-state index contributed by atoms with van der Waals surface area (Å²) in [6.45, 7) is 3.83. The van der Waals surface area contributed by atoms with Crippen LogP contribution in [0, 0.1) is 5.92 Å². The Kier molecular flexibility index (Phi) is 4.49. The zero-order valence-corrected chi connectivity index (χ0v) is 13.0. The molecule has 1 saturated carbocycles. The Morgan fingerprint density at radius 3 is 2.71 bits per heavy atom. The molecule has 21 heavy (non-hydrogen) atoms. The van der Waals surface area contributed by atoms with E-state index in [1.54, 1.807) is 0 Å². The number of nitrogens with zero attached hydrogens (tertiary/aromatic N) is 3. The molecule has 1 aromatic heterocycles. The molecule has 1 N–H and O–H groups in total.